The second-order valence-electron chi connectivity index (χ2n) is 3.68. The molecule has 0 fully saturated rings. The Kier molecular flexibility index (Phi) is 4.55. The Morgan fingerprint density at radius 1 is 1.62 bits per heavy atom. The molecule has 0 saturated carbocycles. The van der Waals surface area contributed by atoms with Crippen LogP contribution in [0.3, 0.4) is 0 Å². The molecule has 0 aliphatic carbocycles. The zero-order valence-corrected chi connectivity index (χ0v) is 11.1. The van der Waals surface area contributed by atoms with E-state index in [9.17, 15) is 4.79 Å². The Labute approximate surface area is 119 Å². The minimum Gasteiger partial charge on any atom is -0.462 e. The first-order valence-electron chi connectivity index (χ1n) is 5.99. The number of ether oxygens (including phenoxy) is 1. The van der Waals surface area contributed by atoms with Crippen LogP contribution in [0.25, 0.3) is 5.57 Å². The number of hydrogen-bond donors (Lipinski definition) is 2. The zero-order chi connectivity index (χ0) is 15.1. The third-order valence-electron chi connectivity index (χ3n) is 2.38. The van der Waals surface area contributed by atoms with Crippen LogP contribution in [0.1, 0.15) is 23.1 Å². The number of nitrogens with one attached hydrogen (secondary N) is 2. The summed E-state index contributed by atoms with van der Waals surface area (Å²) in [4.78, 5) is 15.8. The fraction of sp³-hybridized carbons (Fsp3) is 0.167. The third kappa shape index (κ3) is 3.38. The largest absolute Gasteiger partial charge is 0.462 e. The van der Waals surface area contributed by atoms with Crippen LogP contribution in [0.4, 0.5) is 5.82 Å². The fourth-order valence-corrected chi connectivity index (χ4v) is 1.46. The van der Waals surface area contributed by atoms with Crippen LogP contribution in [0.5, 0.6) is 0 Å². The molecule has 2 aromatic rings. The van der Waals surface area contributed by atoms with E-state index in [1.807, 2.05) is 6.07 Å². The number of hydrogen-bond acceptors (Lipinski definition) is 8. The third-order valence-corrected chi connectivity index (χ3v) is 2.38. The molecule has 2 rings (SSSR count). The number of carbonyl (C=O) groups is 1. The van der Waals surface area contributed by atoms with Gasteiger partial charge in [0.25, 0.3) is 0 Å². The number of esters is 1. The molecule has 0 aliphatic heterocycles. The quantitative estimate of drug-likeness (QED) is 0.608. The van der Waals surface area contributed by atoms with Crippen molar-refractivity contribution in [2.24, 2.45) is 0 Å². The summed E-state index contributed by atoms with van der Waals surface area (Å²) in [6.45, 7) is 1.97. The van der Waals surface area contributed by atoms with Crippen molar-refractivity contribution in [3.05, 3.63) is 35.9 Å². The van der Waals surface area contributed by atoms with E-state index in [4.69, 9.17) is 10.00 Å². The zero-order valence-electron chi connectivity index (χ0n) is 11.1. The molecule has 0 aromatic carbocycles. The first-order chi connectivity index (χ1) is 10.3. The van der Waals surface area contributed by atoms with Gasteiger partial charge in [-0.3, -0.25) is 0 Å². The first-order valence-corrected chi connectivity index (χ1v) is 5.99. The molecular formula is C12H11N7O2. The molecule has 2 heterocycles. The van der Waals surface area contributed by atoms with Crippen LogP contribution in [0.15, 0.2) is 24.5 Å². The second-order valence-corrected chi connectivity index (χ2v) is 3.68. The molecule has 2 aromatic heterocycles. The van der Waals surface area contributed by atoms with Gasteiger partial charge >= 0.3 is 5.97 Å². The SMILES string of the molecule is CCOC(=O)c1cccnc1NC=C(C#N)c1nnn[nH]1. The van der Waals surface area contributed by atoms with Gasteiger partial charge in [0.2, 0.25) is 0 Å². The lowest BCUT2D eigenvalue weighted by molar-refractivity contribution is 0.0527. The Bertz CT molecular complexity index is 688. The smallest absolute Gasteiger partial charge is 0.341 e. The molecule has 0 saturated heterocycles. The molecule has 0 atom stereocenters. The van der Waals surface area contributed by atoms with Crippen molar-refractivity contribution in [2.45, 2.75) is 6.92 Å². The Morgan fingerprint density at radius 2 is 2.48 bits per heavy atom. The van der Waals surface area contributed by atoms with Gasteiger partial charge in [0.05, 0.1) is 6.61 Å². The lowest BCUT2D eigenvalue weighted by atomic mass is 10.2. The molecule has 0 unspecified atom stereocenters. The van der Waals surface area contributed by atoms with Gasteiger partial charge in [0.15, 0.2) is 5.82 Å². The normalized spacial score (nSPS) is 10.8. The van der Waals surface area contributed by atoms with Crippen LogP contribution < -0.4 is 5.32 Å². The molecule has 9 nitrogen and oxygen atoms in total. The van der Waals surface area contributed by atoms with E-state index in [1.54, 1.807) is 19.1 Å². The summed E-state index contributed by atoms with van der Waals surface area (Å²) in [7, 11) is 0. The minimum atomic E-state index is -0.499. The van der Waals surface area contributed by atoms with E-state index >= 15 is 0 Å². The number of aromatic nitrogens is 5. The van der Waals surface area contributed by atoms with Crippen molar-refractivity contribution in [3.63, 3.8) is 0 Å². The highest BCUT2D eigenvalue weighted by Crippen LogP contribution is 2.14. The number of tetrazole rings is 1. The van der Waals surface area contributed by atoms with Gasteiger partial charge in [0.1, 0.15) is 23.0 Å². The van der Waals surface area contributed by atoms with Crippen LogP contribution >= 0.6 is 0 Å². The molecular weight excluding hydrogens is 274 g/mol. The minimum absolute atomic E-state index is 0.167. The number of pyridine rings is 1. The molecule has 106 valence electrons. The summed E-state index contributed by atoms with van der Waals surface area (Å²) in [6.07, 6.45) is 2.87. The Morgan fingerprint density at radius 3 is 3.14 bits per heavy atom. The van der Waals surface area contributed by atoms with E-state index < -0.39 is 5.97 Å². The molecule has 0 aliphatic rings. The number of aromatic amines is 1. The maximum absolute atomic E-state index is 11.8. The van der Waals surface area contributed by atoms with Crippen molar-refractivity contribution >= 4 is 17.4 Å². The summed E-state index contributed by atoms with van der Waals surface area (Å²) in [5.74, 6) is -0.0175. The van der Waals surface area contributed by atoms with Gasteiger partial charge in [0, 0.05) is 12.4 Å². The van der Waals surface area contributed by atoms with E-state index in [1.165, 1.54) is 12.4 Å². The van der Waals surface area contributed by atoms with Crippen molar-refractivity contribution in [1.29, 1.82) is 5.26 Å². The predicted molar refractivity (Wildman–Crippen MR) is 71.6 cm³/mol. The predicted octanol–water partition coefficient (Wildman–Crippen LogP) is 0.748. The Balaban J connectivity index is 2.24. The average Bonchev–Trinajstić information content (AvgIpc) is 3.03. The van der Waals surface area contributed by atoms with Crippen LogP contribution in [0.2, 0.25) is 0 Å². The van der Waals surface area contributed by atoms with E-state index in [-0.39, 0.29) is 29.4 Å². The summed E-state index contributed by atoms with van der Waals surface area (Å²) in [6, 6.07) is 5.12. The second kappa shape index (κ2) is 6.76. The number of H-pyrrole nitrogens is 1. The van der Waals surface area contributed by atoms with Crippen LogP contribution in [-0.4, -0.2) is 38.2 Å². The lowest BCUT2D eigenvalue weighted by Gasteiger charge is -2.07. The summed E-state index contributed by atoms with van der Waals surface area (Å²) < 4.78 is 4.93. The highest BCUT2D eigenvalue weighted by Gasteiger charge is 2.13. The average molecular weight is 285 g/mol. The monoisotopic (exact) mass is 285 g/mol. The van der Waals surface area contributed by atoms with Gasteiger partial charge < -0.3 is 10.1 Å². The molecule has 9 heteroatoms. The van der Waals surface area contributed by atoms with E-state index in [2.05, 4.69) is 30.9 Å². The topological polar surface area (TPSA) is 129 Å². The number of allylic oxidation sites excluding steroid dienone is 1. The van der Waals surface area contributed by atoms with Gasteiger partial charge in [-0.25, -0.2) is 14.9 Å². The van der Waals surface area contributed by atoms with E-state index in [0.29, 0.717) is 0 Å². The number of anilines is 1. The van der Waals surface area contributed by atoms with Crippen molar-refractivity contribution in [1.82, 2.24) is 25.6 Å². The van der Waals surface area contributed by atoms with Gasteiger partial charge in [-0.05, 0) is 29.5 Å². The number of nitriles is 1. The molecule has 0 radical (unpaired) electrons. The lowest BCUT2D eigenvalue weighted by Crippen LogP contribution is -2.09. The maximum atomic E-state index is 11.8. The molecule has 0 bridgehead atoms. The fourth-order valence-electron chi connectivity index (χ4n) is 1.46. The van der Waals surface area contributed by atoms with Crippen molar-refractivity contribution < 1.29 is 9.53 Å². The number of carbonyl (C=O) groups excluding carboxylic acids is 1. The molecule has 0 spiro atoms. The van der Waals surface area contributed by atoms with Crippen molar-refractivity contribution in [3.8, 4) is 6.07 Å². The summed E-state index contributed by atoms with van der Waals surface area (Å²) >= 11 is 0. The Hall–Kier alpha value is -3.28. The highest BCUT2D eigenvalue weighted by atomic mass is 16.5. The molecule has 2 N–H and O–H groups in total. The number of nitrogens with zero attached hydrogens (tertiary/aromatic N) is 5. The first kappa shape index (κ1) is 14.1. The standard InChI is InChI=1S/C12H11N7O2/c1-2-21-12(20)9-4-3-5-14-11(9)15-7-8(6-13)10-16-18-19-17-10/h3-5,7H,2H2,1H3,(H,14,15)(H,16,17,18,19). The summed E-state index contributed by atoms with van der Waals surface area (Å²) in [5.41, 5.74) is 0.434. The molecule has 21 heavy (non-hydrogen) atoms. The van der Waals surface area contributed by atoms with Gasteiger partial charge in [-0.15, -0.1) is 5.10 Å². The van der Waals surface area contributed by atoms with Crippen LogP contribution in [0, 0.1) is 11.3 Å². The number of rotatable bonds is 5. The molecule has 0 amide bonds. The van der Waals surface area contributed by atoms with Crippen molar-refractivity contribution in [2.75, 3.05) is 11.9 Å². The van der Waals surface area contributed by atoms with E-state index in [0.717, 1.165) is 0 Å². The maximum Gasteiger partial charge on any atom is 0.341 e. The summed E-state index contributed by atoms with van der Waals surface area (Å²) in [5, 5.41) is 24.7. The van der Waals surface area contributed by atoms with Crippen LogP contribution in [-0.2, 0) is 4.74 Å². The van der Waals surface area contributed by atoms with Gasteiger partial charge in [-0.2, -0.15) is 5.26 Å². The van der Waals surface area contributed by atoms with Gasteiger partial charge in [-0.1, -0.05) is 0 Å². The highest BCUT2D eigenvalue weighted by molar-refractivity contribution is 5.95.